The molecular weight excluding hydrogens is 540 g/mol. The van der Waals surface area contributed by atoms with Crippen LogP contribution in [0.15, 0.2) is 94.3 Å². The molecule has 0 aliphatic carbocycles. The number of hydrogen-bond donors (Lipinski definition) is 0. The smallest absolute Gasteiger partial charge is 0.243 e. The molecule has 6 nitrogen and oxygen atoms in total. The average molecular weight is 572 g/mol. The minimum Gasteiger partial charge on any atom is -0.493 e. The Morgan fingerprint density at radius 3 is 2.31 bits per heavy atom. The number of rotatable bonds is 9. The Morgan fingerprint density at radius 2 is 1.64 bits per heavy atom. The summed E-state index contributed by atoms with van der Waals surface area (Å²) >= 11 is 3.37. The highest BCUT2D eigenvalue weighted by Crippen LogP contribution is 2.37. The van der Waals surface area contributed by atoms with Gasteiger partial charge in [-0.15, -0.1) is 0 Å². The van der Waals surface area contributed by atoms with Crippen LogP contribution in [0.4, 0.5) is 0 Å². The van der Waals surface area contributed by atoms with Crippen LogP contribution in [0.25, 0.3) is 0 Å². The summed E-state index contributed by atoms with van der Waals surface area (Å²) in [6, 6.07) is 25.9. The van der Waals surface area contributed by atoms with Gasteiger partial charge in [-0.3, -0.25) is 4.79 Å². The van der Waals surface area contributed by atoms with Gasteiger partial charge in [-0.1, -0.05) is 64.5 Å². The highest BCUT2D eigenvalue weighted by molar-refractivity contribution is 9.10. The zero-order valence-corrected chi connectivity index (χ0v) is 22.7. The lowest BCUT2D eigenvalue weighted by atomic mass is 9.78. The predicted octanol–water partition coefficient (Wildman–Crippen LogP) is 5.35. The molecule has 8 heteroatoms. The summed E-state index contributed by atoms with van der Waals surface area (Å²) in [5, 5.41) is 0. The molecule has 1 heterocycles. The Labute approximate surface area is 222 Å². The van der Waals surface area contributed by atoms with Crippen molar-refractivity contribution in [2.24, 2.45) is 5.41 Å². The van der Waals surface area contributed by atoms with Crippen LogP contribution in [-0.2, 0) is 21.4 Å². The van der Waals surface area contributed by atoms with Gasteiger partial charge in [-0.05, 0) is 54.8 Å². The van der Waals surface area contributed by atoms with Crippen molar-refractivity contribution in [3.05, 3.63) is 95.0 Å². The lowest BCUT2D eigenvalue weighted by Crippen LogP contribution is -2.50. The lowest BCUT2D eigenvalue weighted by molar-refractivity contribution is -0.134. The maximum absolute atomic E-state index is 13.5. The van der Waals surface area contributed by atoms with Gasteiger partial charge in [-0.2, -0.15) is 4.31 Å². The summed E-state index contributed by atoms with van der Waals surface area (Å²) in [5.41, 5.74) is 0.407. The first-order valence-corrected chi connectivity index (χ1v) is 14.2. The van der Waals surface area contributed by atoms with Crippen LogP contribution < -0.4 is 4.74 Å². The number of nitrogens with zero attached hydrogens (tertiary/aromatic N) is 2. The van der Waals surface area contributed by atoms with E-state index in [1.807, 2.05) is 60.7 Å². The van der Waals surface area contributed by atoms with Crippen molar-refractivity contribution in [3.8, 4) is 5.75 Å². The molecule has 1 atom stereocenters. The van der Waals surface area contributed by atoms with Gasteiger partial charge in [0.1, 0.15) is 5.75 Å². The Hall–Kier alpha value is -2.68. The van der Waals surface area contributed by atoms with Gasteiger partial charge in [0.05, 0.1) is 11.5 Å². The average Bonchev–Trinajstić information content (AvgIpc) is 2.89. The Morgan fingerprint density at radius 1 is 1.00 bits per heavy atom. The number of benzene rings is 3. The molecule has 1 amide bonds. The molecule has 190 valence electrons. The van der Waals surface area contributed by atoms with Gasteiger partial charge in [0.25, 0.3) is 0 Å². The molecule has 0 aromatic heterocycles. The Bertz CT molecular complexity index is 1250. The fourth-order valence-electron chi connectivity index (χ4n) is 4.59. The Balaban J connectivity index is 1.56. The molecule has 1 aliphatic rings. The molecule has 1 saturated heterocycles. The van der Waals surface area contributed by atoms with Gasteiger partial charge in [-0.25, -0.2) is 8.42 Å². The summed E-state index contributed by atoms with van der Waals surface area (Å²) in [4.78, 5) is 15.4. The van der Waals surface area contributed by atoms with Gasteiger partial charge < -0.3 is 9.64 Å². The van der Waals surface area contributed by atoms with Crippen LogP contribution in [-0.4, -0.2) is 50.3 Å². The molecule has 36 heavy (non-hydrogen) atoms. The van der Waals surface area contributed by atoms with Crippen molar-refractivity contribution in [3.63, 3.8) is 0 Å². The first-order chi connectivity index (χ1) is 17.3. The number of amides is 1. The number of ether oxygens (including phenoxy) is 1. The summed E-state index contributed by atoms with van der Waals surface area (Å²) in [7, 11) is -1.91. The summed E-state index contributed by atoms with van der Waals surface area (Å²) in [6.07, 6.45) is 1.57. The molecule has 1 unspecified atom stereocenters. The largest absolute Gasteiger partial charge is 0.493 e. The number of carbonyl (C=O) groups is 1. The summed E-state index contributed by atoms with van der Waals surface area (Å²) < 4.78 is 35.5. The zero-order chi connectivity index (χ0) is 25.6. The molecule has 3 aromatic rings. The van der Waals surface area contributed by atoms with E-state index in [0.717, 1.165) is 10.0 Å². The van der Waals surface area contributed by atoms with Crippen LogP contribution in [0.2, 0.25) is 0 Å². The van der Waals surface area contributed by atoms with Gasteiger partial charge in [0.2, 0.25) is 15.9 Å². The predicted molar refractivity (Wildman–Crippen MR) is 144 cm³/mol. The monoisotopic (exact) mass is 570 g/mol. The van der Waals surface area contributed by atoms with Crippen molar-refractivity contribution >= 4 is 31.9 Å². The normalized spacial score (nSPS) is 18.5. The van der Waals surface area contributed by atoms with Crippen molar-refractivity contribution in [1.82, 2.24) is 9.21 Å². The number of para-hydroxylation sites is 1. The molecule has 1 fully saturated rings. The summed E-state index contributed by atoms with van der Waals surface area (Å²) in [6.45, 7) is 1.40. The zero-order valence-electron chi connectivity index (χ0n) is 20.3. The van der Waals surface area contributed by atoms with E-state index in [4.69, 9.17) is 4.74 Å². The maximum Gasteiger partial charge on any atom is 0.243 e. The summed E-state index contributed by atoms with van der Waals surface area (Å²) in [5.74, 6) is 0.674. The van der Waals surface area contributed by atoms with Gasteiger partial charge in [0.15, 0.2) is 0 Å². The topological polar surface area (TPSA) is 66.9 Å². The number of halogens is 1. The van der Waals surface area contributed by atoms with E-state index in [0.29, 0.717) is 31.7 Å². The maximum atomic E-state index is 13.5. The fourth-order valence-corrected chi connectivity index (χ4v) is 6.45. The number of hydrogen-bond acceptors (Lipinski definition) is 4. The fraction of sp³-hybridized carbons (Fsp3) is 0.321. The molecule has 4 rings (SSSR count). The lowest BCUT2D eigenvalue weighted by Gasteiger charge is -2.42. The molecule has 0 saturated carbocycles. The number of sulfonamides is 1. The minimum absolute atomic E-state index is 0.0293. The molecule has 0 bridgehead atoms. The molecular formula is C28H31BrN2O4S. The second kappa shape index (κ2) is 11.6. The van der Waals surface area contributed by atoms with Crippen molar-refractivity contribution in [2.45, 2.75) is 30.7 Å². The van der Waals surface area contributed by atoms with E-state index in [1.54, 1.807) is 36.2 Å². The standard InChI is InChI=1S/C28H31BrN2O4S/c1-30(20-23-9-4-2-5-10-23)27(32)19-28(22-35-25-11-6-3-7-12-25)17-8-18-31(21-28)36(33,34)26-15-13-24(29)14-16-26/h2-7,9-16H,8,17-22H2,1H3. The van der Waals surface area contributed by atoms with E-state index in [1.165, 1.54) is 4.31 Å². The first kappa shape index (κ1) is 26.4. The van der Waals surface area contributed by atoms with E-state index < -0.39 is 15.4 Å². The molecule has 0 N–H and O–H groups in total. The second-order valence-electron chi connectivity index (χ2n) is 9.41. The van der Waals surface area contributed by atoms with E-state index in [2.05, 4.69) is 15.9 Å². The van der Waals surface area contributed by atoms with Gasteiger partial charge in [0, 0.05) is 43.0 Å². The highest BCUT2D eigenvalue weighted by Gasteiger charge is 2.43. The molecule has 0 radical (unpaired) electrons. The van der Waals surface area contributed by atoms with E-state index >= 15 is 0 Å². The van der Waals surface area contributed by atoms with Crippen LogP contribution in [0.1, 0.15) is 24.8 Å². The SMILES string of the molecule is CN(Cc1ccccc1)C(=O)CC1(COc2ccccc2)CCCN(S(=O)(=O)c2ccc(Br)cc2)C1. The van der Waals surface area contributed by atoms with Crippen LogP contribution in [0.5, 0.6) is 5.75 Å². The number of carbonyl (C=O) groups excluding carboxylic acids is 1. The third-order valence-corrected chi connectivity index (χ3v) is 8.97. The van der Waals surface area contributed by atoms with Gasteiger partial charge >= 0.3 is 0 Å². The van der Waals surface area contributed by atoms with E-state index in [-0.39, 0.29) is 30.4 Å². The molecule has 0 spiro atoms. The van der Waals surface area contributed by atoms with Crippen molar-refractivity contribution in [1.29, 1.82) is 0 Å². The first-order valence-electron chi connectivity index (χ1n) is 12.0. The quantitative estimate of drug-likeness (QED) is 0.348. The van der Waals surface area contributed by atoms with Crippen LogP contribution in [0, 0.1) is 5.41 Å². The van der Waals surface area contributed by atoms with Crippen molar-refractivity contribution in [2.75, 3.05) is 26.7 Å². The third-order valence-electron chi connectivity index (χ3n) is 6.58. The van der Waals surface area contributed by atoms with Crippen LogP contribution in [0.3, 0.4) is 0 Å². The Kier molecular flexibility index (Phi) is 8.49. The third kappa shape index (κ3) is 6.55. The molecule has 1 aliphatic heterocycles. The van der Waals surface area contributed by atoms with Crippen molar-refractivity contribution < 1.29 is 17.9 Å². The van der Waals surface area contributed by atoms with E-state index in [9.17, 15) is 13.2 Å². The van der Waals surface area contributed by atoms with Crippen LogP contribution >= 0.6 is 15.9 Å². The molecule has 3 aromatic carbocycles. The highest BCUT2D eigenvalue weighted by atomic mass is 79.9. The second-order valence-corrected chi connectivity index (χ2v) is 12.3. The minimum atomic E-state index is -3.71. The number of piperidine rings is 1.